The summed E-state index contributed by atoms with van der Waals surface area (Å²) in [6, 6.07) is 17.4. The van der Waals surface area contributed by atoms with Crippen molar-refractivity contribution in [2.75, 3.05) is 5.75 Å². The van der Waals surface area contributed by atoms with E-state index in [-0.39, 0.29) is 5.78 Å². The molecule has 2 aromatic carbocycles. The molecule has 0 unspecified atom stereocenters. The summed E-state index contributed by atoms with van der Waals surface area (Å²) in [5, 5.41) is 0.917. The first-order chi connectivity index (χ1) is 10.2. The number of nitrogens with zero attached hydrogens (tertiary/aromatic N) is 1. The zero-order valence-electron chi connectivity index (χ0n) is 11.1. The second kappa shape index (κ2) is 6.41. The second-order valence-electron chi connectivity index (χ2n) is 4.54. The standard InChI is InChI=1S/C17H12BrNOS/c18-12-4-1-5-13(10-12)21-11-17(20)15-6-2-8-16-14(15)7-3-9-19-16/h1-10H,11H2. The highest BCUT2D eigenvalue weighted by atomic mass is 79.9. The van der Waals surface area contributed by atoms with E-state index < -0.39 is 0 Å². The minimum atomic E-state index is 0.124. The number of carbonyl (C=O) groups excluding carboxylic acids is 1. The molecule has 0 atom stereocenters. The van der Waals surface area contributed by atoms with Gasteiger partial charge in [-0.25, -0.2) is 0 Å². The Kier molecular flexibility index (Phi) is 4.36. The first kappa shape index (κ1) is 14.3. The van der Waals surface area contributed by atoms with Crippen LogP contribution in [-0.2, 0) is 0 Å². The number of thioether (sulfide) groups is 1. The van der Waals surface area contributed by atoms with Gasteiger partial charge < -0.3 is 0 Å². The molecule has 3 rings (SSSR count). The third kappa shape index (κ3) is 3.34. The Morgan fingerprint density at radius 2 is 1.95 bits per heavy atom. The van der Waals surface area contributed by atoms with E-state index in [2.05, 4.69) is 20.9 Å². The molecule has 0 saturated heterocycles. The maximum absolute atomic E-state index is 12.5. The maximum atomic E-state index is 12.5. The number of aromatic nitrogens is 1. The molecule has 21 heavy (non-hydrogen) atoms. The number of Topliss-reactive ketones (excluding diaryl/α,β-unsaturated/α-hetero) is 1. The highest BCUT2D eigenvalue weighted by Crippen LogP contribution is 2.24. The fraction of sp³-hybridized carbons (Fsp3) is 0.0588. The predicted molar refractivity (Wildman–Crippen MR) is 90.9 cm³/mol. The van der Waals surface area contributed by atoms with Gasteiger partial charge in [-0.2, -0.15) is 0 Å². The van der Waals surface area contributed by atoms with Gasteiger partial charge in [-0.1, -0.05) is 40.2 Å². The van der Waals surface area contributed by atoms with Crippen molar-refractivity contribution in [1.29, 1.82) is 0 Å². The molecule has 0 bridgehead atoms. The maximum Gasteiger partial charge on any atom is 0.173 e. The molecule has 0 aliphatic rings. The van der Waals surface area contributed by atoms with Crippen molar-refractivity contribution in [3.05, 3.63) is 70.8 Å². The molecule has 1 aromatic heterocycles. The van der Waals surface area contributed by atoms with E-state index in [1.54, 1.807) is 18.0 Å². The second-order valence-corrected chi connectivity index (χ2v) is 6.51. The third-order valence-electron chi connectivity index (χ3n) is 3.11. The van der Waals surface area contributed by atoms with Crippen LogP contribution in [0.4, 0.5) is 0 Å². The van der Waals surface area contributed by atoms with E-state index in [4.69, 9.17) is 0 Å². The summed E-state index contributed by atoms with van der Waals surface area (Å²) in [5.74, 6) is 0.545. The van der Waals surface area contributed by atoms with Crippen molar-refractivity contribution >= 4 is 44.4 Å². The quantitative estimate of drug-likeness (QED) is 0.487. The summed E-state index contributed by atoms with van der Waals surface area (Å²) in [6.45, 7) is 0. The summed E-state index contributed by atoms with van der Waals surface area (Å²) < 4.78 is 1.02. The van der Waals surface area contributed by atoms with Crippen molar-refractivity contribution < 1.29 is 4.79 Å². The molecule has 3 aromatic rings. The van der Waals surface area contributed by atoms with Crippen LogP contribution in [0.3, 0.4) is 0 Å². The van der Waals surface area contributed by atoms with E-state index in [9.17, 15) is 4.79 Å². The summed E-state index contributed by atoms with van der Waals surface area (Å²) in [6.07, 6.45) is 1.74. The molecular formula is C17H12BrNOS. The molecule has 0 aliphatic carbocycles. The number of benzene rings is 2. The summed E-state index contributed by atoms with van der Waals surface area (Å²) in [5.41, 5.74) is 1.60. The number of rotatable bonds is 4. The van der Waals surface area contributed by atoms with Gasteiger partial charge in [-0.3, -0.25) is 9.78 Å². The van der Waals surface area contributed by atoms with E-state index in [0.717, 1.165) is 25.8 Å². The number of pyridine rings is 1. The number of carbonyl (C=O) groups is 1. The fourth-order valence-electron chi connectivity index (χ4n) is 2.13. The number of hydrogen-bond donors (Lipinski definition) is 0. The lowest BCUT2D eigenvalue weighted by molar-refractivity contribution is 0.102. The smallest absolute Gasteiger partial charge is 0.173 e. The molecule has 4 heteroatoms. The van der Waals surface area contributed by atoms with Gasteiger partial charge in [0.15, 0.2) is 5.78 Å². The van der Waals surface area contributed by atoms with Gasteiger partial charge in [0.2, 0.25) is 0 Å². The minimum absolute atomic E-state index is 0.124. The van der Waals surface area contributed by atoms with Gasteiger partial charge in [0.05, 0.1) is 11.3 Å². The van der Waals surface area contributed by atoms with E-state index in [1.165, 1.54) is 0 Å². The van der Waals surface area contributed by atoms with Crippen LogP contribution in [0.5, 0.6) is 0 Å². The molecule has 0 radical (unpaired) electrons. The predicted octanol–water partition coefficient (Wildman–Crippen LogP) is 4.97. The van der Waals surface area contributed by atoms with Crippen LogP contribution in [0.1, 0.15) is 10.4 Å². The monoisotopic (exact) mass is 357 g/mol. The minimum Gasteiger partial charge on any atom is -0.293 e. The van der Waals surface area contributed by atoms with Crippen LogP contribution in [0, 0.1) is 0 Å². The van der Waals surface area contributed by atoms with Crippen LogP contribution in [-0.4, -0.2) is 16.5 Å². The van der Waals surface area contributed by atoms with Gasteiger partial charge in [-0.05, 0) is 30.3 Å². The number of fused-ring (bicyclic) bond motifs is 1. The van der Waals surface area contributed by atoms with E-state index >= 15 is 0 Å². The van der Waals surface area contributed by atoms with Crippen molar-refractivity contribution in [3.63, 3.8) is 0 Å². The molecule has 0 saturated carbocycles. The van der Waals surface area contributed by atoms with Crippen molar-refractivity contribution in [2.45, 2.75) is 4.90 Å². The summed E-state index contributed by atoms with van der Waals surface area (Å²) >= 11 is 4.99. The van der Waals surface area contributed by atoms with Crippen LogP contribution >= 0.6 is 27.7 Å². The van der Waals surface area contributed by atoms with Gasteiger partial charge in [-0.15, -0.1) is 11.8 Å². The Labute approximate surface area is 135 Å². The normalized spacial score (nSPS) is 10.7. The van der Waals surface area contributed by atoms with Crippen molar-refractivity contribution in [2.24, 2.45) is 0 Å². The van der Waals surface area contributed by atoms with Gasteiger partial charge in [0, 0.05) is 26.5 Å². The Morgan fingerprint density at radius 1 is 1.10 bits per heavy atom. The zero-order valence-corrected chi connectivity index (χ0v) is 13.5. The van der Waals surface area contributed by atoms with Gasteiger partial charge in [0.25, 0.3) is 0 Å². The SMILES string of the molecule is O=C(CSc1cccc(Br)c1)c1cccc2ncccc12. The molecule has 0 spiro atoms. The van der Waals surface area contributed by atoms with E-state index in [0.29, 0.717) is 5.75 Å². The first-order valence-corrected chi connectivity index (χ1v) is 8.27. The van der Waals surface area contributed by atoms with E-state index in [1.807, 2.05) is 54.6 Å². The van der Waals surface area contributed by atoms with Gasteiger partial charge >= 0.3 is 0 Å². The largest absolute Gasteiger partial charge is 0.293 e. The molecule has 0 N–H and O–H groups in total. The molecule has 104 valence electrons. The highest BCUT2D eigenvalue weighted by molar-refractivity contribution is 9.10. The number of ketones is 1. The van der Waals surface area contributed by atoms with Crippen LogP contribution < -0.4 is 0 Å². The number of hydrogen-bond acceptors (Lipinski definition) is 3. The number of halogens is 1. The van der Waals surface area contributed by atoms with Crippen LogP contribution in [0.2, 0.25) is 0 Å². The average molecular weight is 358 g/mol. The molecule has 0 aliphatic heterocycles. The van der Waals surface area contributed by atoms with Crippen molar-refractivity contribution in [3.8, 4) is 0 Å². The zero-order chi connectivity index (χ0) is 14.7. The lowest BCUT2D eigenvalue weighted by Gasteiger charge is -2.05. The molecule has 0 fully saturated rings. The summed E-state index contributed by atoms with van der Waals surface area (Å²) in [4.78, 5) is 17.8. The fourth-order valence-corrected chi connectivity index (χ4v) is 3.52. The van der Waals surface area contributed by atoms with Crippen LogP contribution in [0.15, 0.2) is 70.2 Å². The summed E-state index contributed by atoms with van der Waals surface area (Å²) in [7, 11) is 0. The lowest BCUT2D eigenvalue weighted by atomic mass is 10.1. The lowest BCUT2D eigenvalue weighted by Crippen LogP contribution is -2.03. The van der Waals surface area contributed by atoms with Crippen LogP contribution in [0.25, 0.3) is 10.9 Å². The molecule has 1 heterocycles. The third-order valence-corrected chi connectivity index (χ3v) is 4.60. The Balaban J connectivity index is 1.81. The Bertz CT molecular complexity index is 798. The molecule has 2 nitrogen and oxygen atoms in total. The first-order valence-electron chi connectivity index (χ1n) is 6.49. The Hall–Kier alpha value is -1.65. The average Bonchev–Trinajstić information content (AvgIpc) is 2.52. The van der Waals surface area contributed by atoms with Gasteiger partial charge in [0.1, 0.15) is 0 Å². The topological polar surface area (TPSA) is 30.0 Å². The Morgan fingerprint density at radius 3 is 2.81 bits per heavy atom. The molecule has 0 amide bonds. The van der Waals surface area contributed by atoms with Crippen molar-refractivity contribution in [1.82, 2.24) is 4.98 Å². The highest BCUT2D eigenvalue weighted by Gasteiger charge is 2.10. The molecular weight excluding hydrogens is 346 g/mol.